The molecule has 0 bridgehead atoms. The van der Waals surface area contributed by atoms with Crippen LogP contribution in [-0.4, -0.2) is 36.0 Å². The Kier molecular flexibility index (Phi) is 4.82. The number of hydrogen-bond acceptors (Lipinski definition) is 4. The summed E-state index contributed by atoms with van der Waals surface area (Å²) in [6.07, 6.45) is 4.93. The molecule has 6 heteroatoms. The summed E-state index contributed by atoms with van der Waals surface area (Å²) in [5.41, 5.74) is 0.514. The van der Waals surface area contributed by atoms with Crippen molar-refractivity contribution in [2.45, 2.75) is 38.8 Å². The van der Waals surface area contributed by atoms with Gasteiger partial charge in [0.2, 0.25) is 0 Å². The minimum atomic E-state index is -0.202. The summed E-state index contributed by atoms with van der Waals surface area (Å²) in [4.78, 5) is 14.1. The van der Waals surface area contributed by atoms with Crippen molar-refractivity contribution in [3.63, 3.8) is 0 Å². The van der Waals surface area contributed by atoms with Crippen LogP contribution < -0.4 is 15.8 Å². The lowest BCUT2D eigenvalue weighted by Crippen LogP contribution is -2.36. The van der Waals surface area contributed by atoms with Crippen LogP contribution in [0.5, 0.6) is 0 Å². The molecule has 1 N–H and O–H groups in total. The molecule has 0 aromatic carbocycles. The lowest BCUT2D eigenvalue weighted by atomic mass is 10.2. The predicted octanol–water partition coefficient (Wildman–Crippen LogP) is 1.49. The van der Waals surface area contributed by atoms with Crippen molar-refractivity contribution in [1.82, 2.24) is 15.1 Å². The molecule has 0 spiro atoms. The SMILES string of the molecule is CCCn1ncc(N(C)CC2CCCN2)c(Cl)c1=O. The van der Waals surface area contributed by atoms with E-state index in [0.717, 1.165) is 19.5 Å². The van der Waals surface area contributed by atoms with Gasteiger partial charge in [0.1, 0.15) is 5.02 Å². The highest BCUT2D eigenvalue weighted by atomic mass is 35.5. The summed E-state index contributed by atoms with van der Waals surface area (Å²) in [6.45, 7) is 4.53. The zero-order valence-electron chi connectivity index (χ0n) is 11.5. The van der Waals surface area contributed by atoms with Gasteiger partial charge in [-0.05, 0) is 25.8 Å². The van der Waals surface area contributed by atoms with E-state index in [2.05, 4.69) is 10.4 Å². The third-order valence-electron chi connectivity index (χ3n) is 3.47. The lowest BCUT2D eigenvalue weighted by Gasteiger charge is -2.23. The Balaban J connectivity index is 2.15. The van der Waals surface area contributed by atoms with Crippen molar-refractivity contribution in [3.8, 4) is 0 Å². The molecule has 1 fully saturated rings. The van der Waals surface area contributed by atoms with Crippen molar-refractivity contribution in [2.75, 3.05) is 25.0 Å². The summed E-state index contributed by atoms with van der Waals surface area (Å²) in [7, 11) is 1.95. The average molecular weight is 285 g/mol. The fourth-order valence-electron chi connectivity index (χ4n) is 2.44. The standard InChI is InChI=1S/C13H21ClN4O/c1-3-7-18-13(19)12(14)11(8-16-18)17(2)9-10-5-4-6-15-10/h8,10,15H,3-7,9H2,1-2H3. The van der Waals surface area contributed by atoms with Gasteiger partial charge in [-0.2, -0.15) is 5.10 Å². The molecule has 1 aromatic rings. The average Bonchev–Trinajstić information content (AvgIpc) is 2.88. The van der Waals surface area contributed by atoms with Gasteiger partial charge in [-0.15, -0.1) is 0 Å². The number of anilines is 1. The van der Waals surface area contributed by atoms with Gasteiger partial charge >= 0.3 is 0 Å². The third kappa shape index (κ3) is 3.28. The van der Waals surface area contributed by atoms with Crippen molar-refractivity contribution < 1.29 is 0 Å². The molecule has 0 amide bonds. The van der Waals surface area contributed by atoms with E-state index in [1.54, 1.807) is 6.20 Å². The van der Waals surface area contributed by atoms with E-state index in [4.69, 9.17) is 11.6 Å². The summed E-state index contributed by atoms with van der Waals surface area (Å²) < 4.78 is 1.42. The van der Waals surface area contributed by atoms with E-state index in [0.29, 0.717) is 18.3 Å². The predicted molar refractivity (Wildman–Crippen MR) is 78.1 cm³/mol. The quantitative estimate of drug-likeness (QED) is 0.890. The Morgan fingerprint density at radius 1 is 1.63 bits per heavy atom. The van der Waals surface area contributed by atoms with Crippen LogP contribution in [0.15, 0.2) is 11.0 Å². The molecule has 1 saturated heterocycles. The van der Waals surface area contributed by atoms with E-state index in [9.17, 15) is 4.79 Å². The Morgan fingerprint density at radius 2 is 2.42 bits per heavy atom. The van der Waals surface area contributed by atoms with Crippen LogP contribution in [0.25, 0.3) is 0 Å². The van der Waals surface area contributed by atoms with Crippen molar-refractivity contribution in [1.29, 1.82) is 0 Å². The van der Waals surface area contributed by atoms with Crippen LogP contribution in [0.4, 0.5) is 5.69 Å². The Labute approximate surface area is 118 Å². The van der Waals surface area contributed by atoms with E-state index in [-0.39, 0.29) is 10.6 Å². The van der Waals surface area contributed by atoms with E-state index in [1.165, 1.54) is 17.5 Å². The summed E-state index contributed by atoms with van der Waals surface area (Å²) in [5.74, 6) is 0. The van der Waals surface area contributed by atoms with Crippen LogP contribution in [0.1, 0.15) is 26.2 Å². The van der Waals surface area contributed by atoms with Gasteiger partial charge in [0, 0.05) is 26.2 Å². The second-order valence-corrected chi connectivity index (χ2v) is 5.42. The number of aromatic nitrogens is 2. The van der Waals surface area contributed by atoms with Crippen molar-refractivity contribution >= 4 is 17.3 Å². The van der Waals surface area contributed by atoms with Gasteiger partial charge in [-0.25, -0.2) is 4.68 Å². The highest BCUT2D eigenvalue weighted by Gasteiger charge is 2.19. The number of aryl methyl sites for hydroxylation is 1. The molecular weight excluding hydrogens is 264 g/mol. The second-order valence-electron chi connectivity index (χ2n) is 5.05. The van der Waals surface area contributed by atoms with E-state index < -0.39 is 0 Å². The van der Waals surface area contributed by atoms with Gasteiger partial charge in [-0.1, -0.05) is 18.5 Å². The maximum atomic E-state index is 12.0. The molecule has 1 aliphatic rings. The molecule has 0 saturated carbocycles. The first kappa shape index (κ1) is 14.3. The van der Waals surface area contributed by atoms with Crippen LogP contribution in [0.3, 0.4) is 0 Å². The number of nitrogens with zero attached hydrogens (tertiary/aromatic N) is 3. The molecule has 1 atom stereocenters. The lowest BCUT2D eigenvalue weighted by molar-refractivity contribution is 0.563. The zero-order chi connectivity index (χ0) is 13.8. The molecule has 5 nitrogen and oxygen atoms in total. The summed E-state index contributed by atoms with van der Waals surface area (Å²) in [6, 6.07) is 0.471. The molecule has 2 rings (SSSR count). The normalized spacial score (nSPS) is 18.8. The highest BCUT2D eigenvalue weighted by Crippen LogP contribution is 2.20. The molecule has 19 heavy (non-hydrogen) atoms. The first-order chi connectivity index (χ1) is 9.13. The number of nitrogens with one attached hydrogen (secondary N) is 1. The van der Waals surface area contributed by atoms with Crippen LogP contribution >= 0.6 is 11.6 Å². The maximum Gasteiger partial charge on any atom is 0.287 e. The molecular formula is C13H21ClN4O. The van der Waals surface area contributed by atoms with Gasteiger partial charge in [0.25, 0.3) is 5.56 Å². The molecule has 0 radical (unpaired) electrons. The number of rotatable bonds is 5. The molecule has 2 heterocycles. The van der Waals surface area contributed by atoms with Gasteiger partial charge in [0.15, 0.2) is 0 Å². The van der Waals surface area contributed by atoms with Crippen LogP contribution in [0, 0.1) is 0 Å². The van der Waals surface area contributed by atoms with Gasteiger partial charge in [-0.3, -0.25) is 4.79 Å². The molecule has 106 valence electrons. The summed E-state index contributed by atoms with van der Waals surface area (Å²) >= 11 is 6.18. The molecule has 1 unspecified atom stereocenters. The maximum absolute atomic E-state index is 12.0. The largest absolute Gasteiger partial charge is 0.370 e. The number of hydrogen-bond donors (Lipinski definition) is 1. The Bertz CT molecular complexity index is 482. The third-order valence-corrected chi connectivity index (χ3v) is 3.83. The van der Waals surface area contributed by atoms with E-state index >= 15 is 0 Å². The Hall–Kier alpha value is -1.07. The minimum absolute atomic E-state index is 0.202. The van der Waals surface area contributed by atoms with E-state index in [1.807, 2.05) is 18.9 Å². The molecule has 1 aliphatic heterocycles. The zero-order valence-corrected chi connectivity index (χ0v) is 12.3. The monoisotopic (exact) mass is 284 g/mol. The first-order valence-corrected chi connectivity index (χ1v) is 7.21. The van der Waals surface area contributed by atoms with Crippen molar-refractivity contribution in [2.24, 2.45) is 0 Å². The topological polar surface area (TPSA) is 50.2 Å². The van der Waals surface area contributed by atoms with Crippen LogP contribution in [-0.2, 0) is 6.54 Å². The minimum Gasteiger partial charge on any atom is -0.370 e. The fraction of sp³-hybridized carbons (Fsp3) is 0.692. The smallest absolute Gasteiger partial charge is 0.287 e. The summed E-state index contributed by atoms with van der Waals surface area (Å²) in [5, 5.41) is 7.88. The highest BCUT2D eigenvalue weighted by molar-refractivity contribution is 6.33. The van der Waals surface area contributed by atoms with Gasteiger partial charge in [0.05, 0.1) is 11.9 Å². The molecule has 1 aromatic heterocycles. The second kappa shape index (κ2) is 6.39. The Morgan fingerprint density at radius 3 is 3.05 bits per heavy atom. The first-order valence-electron chi connectivity index (χ1n) is 6.83. The van der Waals surface area contributed by atoms with Crippen LogP contribution in [0.2, 0.25) is 5.02 Å². The molecule has 0 aliphatic carbocycles. The fourth-order valence-corrected chi connectivity index (χ4v) is 2.73. The van der Waals surface area contributed by atoms with Crippen molar-refractivity contribution in [3.05, 3.63) is 21.6 Å². The number of likely N-dealkylation sites (N-methyl/N-ethyl adjacent to an activating group) is 1. The van der Waals surface area contributed by atoms with Gasteiger partial charge < -0.3 is 10.2 Å². The number of halogens is 1.